The van der Waals surface area contributed by atoms with Gasteiger partial charge in [0.05, 0.1) is 0 Å². The number of aliphatic hydroxyl groups excluding tert-OH is 1. The predicted molar refractivity (Wildman–Crippen MR) is 99.9 cm³/mol. The van der Waals surface area contributed by atoms with Crippen molar-refractivity contribution in [2.24, 2.45) is 0 Å². The van der Waals surface area contributed by atoms with E-state index in [1.807, 2.05) is 12.1 Å². The van der Waals surface area contributed by atoms with E-state index in [2.05, 4.69) is 22.8 Å². The molecule has 25 heavy (non-hydrogen) atoms. The third-order valence-electron chi connectivity index (χ3n) is 5.04. The quantitative estimate of drug-likeness (QED) is 0.617. The summed E-state index contributed by atoms with van der Waals surface area (Å²) in [4.78, 5) is 16.8. The molecule has 0 bridgehead atoms. The monoisotopic (exact) mass is 344 g/mol. The van der Waals surface area contributed by atoms with Gasteiger partial charge < -0.3 is 14.4 Å². The summed E-state index contributed by atoms with van der Waals surface area (Å²) in [6, 6.07) is 7.74. The third-order valence-corrected chi connectivity index (χ3v) is 5.04. The first-order chi connectivity index (χ1) is 12.2. The van der Waals surface area contributed by atoms with Gasteiger partial charge in [0, 0.05) is 50.8 Å². The van der Waals surface area contributed by atoms with Gasteiger partial charge in [-0.1, -0.05) is 13.0 Å². The molecule has 1 aromatic heterocycles. The fourth-order valence-corrected chi connectivity index (χ4v) is 3.48. The van der Waals surface area contributed by atoms with E-state index in [0.717, 1.165) is 69.5 Å². The summed E-state index contributed by atoms with van der Waals surface area (Å²) in [5.74, 6) is 0. The lowest BCUT2D eigenvalue weighted by atomic mass is 10.0. The molecule has 0 spiro atoms. The molecule has 1 aliphatic heterocycles. The van der Waals surface area contributed by atoms with Gasteiger partial charge in [-0.25, -0.2) is 4.79 Å². The summed E-state index contributed by atoms with van der Waals surface area (Å²) in [6.45, 7) is 8.38. The number of aliphatic hydroxyl groups is 1. The molecule has 5 heteroatoms. The van der Waals surface area contributed by atoms with Gasteiger partial charge in [0.2, 0.25) is 0 Å². The molecule has 0 atom stereocenters. The van der Waals surface area contributed by atoms with Crippen molar-refractivity contribution in [2.75, 3.05) is 39.3 Å². The summed E-state index contributed by atoms with van der Waals surface area (Å²) < 4.78 is 5.36. The Kier molecular flexibility index (Phi) is 6.24. The summed E-state index contributed by atoms with van der Waals surface area (Å²) in [5, 5.41) is 9.95. The number of piperazine rings is 1. The standard InChI is InChI=1S/C20H28N2O3/c1-2-16-5-6-19-18(13-16)17(14-20(24)25-19)15-22-10-8-21(9-11-22)7-3-4-12-23/h5-6,13-14,23H,2-4,7-12,15H2,1H3. The molecule has 0 radical (unpaired) electrons. The molecule has 0 saturated carbocycles. The maximum absolute atomic E-state index is 11.9. The lowest BCUT2D eigenvalue weighted by molar-refractivity contribution is 0.124. The zero-order valence-electron chi connectivity index (χ0n) is 15.0. The molecule has 2 aromatic rings. The van der Waals surface area contributed by atoms with Gasteiger partial charge in [-0.05, 0) is 49.1 Å². The number of hydrogen-bond donors (Lipinski definition) is 1. The summed E-state index contributed by atoms with van der Waals surface area (Å²) in [5.41, 5.74) is 2.74. The molecule has 0 unspecified atom stereocenters. The first kappa shape index (κ1) is 18.1. The van der Waals surface area contributed by atoms with E-state index in [1.54, 1.807) is 6.07 Å². The summed E-state index contributed by atoms with van der Waals surface area (Å²) in [6.07, 6.45) is 2.91. The van der Waals surface area contributed by atoms with Crippen LogP contribution in [0.1, 0.15) is 30.9 Å². The van der Waals surface area contributed by atoms with Crippen LogP contribution in [0.15, 0.2) is 33.5 Å². The number of nitrogens with zero attached hydrogens (tertiary/aromatic N) is 2. The Hall–Kier alpha value is -1.69. The lowest BCUT2D eigenvalue weighted by Crippen LogP contribution is -2.46. The second-order valence-electron chi connectivity index (χ2n) is 6.82. The number of hydrogen-bond acceptors (Lipinski definition) is 5. The van der Waals surface area contributed by atoms with Crippen LogP contribution in [0, 0.1) is 0 Å². The van der Waals surface area contributed by atoms with E-state index in [1.165, 1.54) is 5.56 Å². The molecular formula is C20H28N2O3. The van der Waals surface area contributed by atoms with Crippen molar-refractivity contribution in [1.29, 1.82) is 0 Å². The maximum atomic E-state index is 11.9. The Morgan fingerprint density at radius 3 is 2.56 bits per heavy atom. The zero-order valence-corrected chi connectivity index (χ0v) is 15.0. The van der Waals surface area contributed by atoms with E-state index >= 15 is 0 Å². The number of aryl methyl sites for hydroxylation is 1. The molecule has 1 aliphatic rings. The van der Waals surface area contributed by atoms with Gasteiger partial charge in [0.25, 0.3) is 0 Å². The Labute approximate surface area is 148 Å². The van der Waals surface area contributed by atoms with E-state index in [4.69, 9.17) is 9.52 Å². The van der Waals surface area contributed by atoms with Gasteiger partial charge in [0.1, 0.15) is 5.58 Å². The Balaban J connectivity index is 1.68. The highest BCUT2D eigenvalue weighted by Gasteiger charge is 2.18. The largest absolute Gasteiger partial charge is 0.423 e. The topological polar surface area (TPSA) is 56.9 Å². The zero-order chi connectivity index (χ0) is 17.6. The van der Waals surface area contributed by atoms with Crippen molar-refractivity contribution in [2.45, 2.75) is 32.7 Å². The molecule has 1 saturated heterocycles. The van der Waals surface area contributed by atoms with E-state index in [9.17, 15) is 4.79 Å². The van der Waals surface area contributed by atoms with Crippen LogP contribution >= 0.6 is 0 Å². The minimum absolute atomic E-state index is 0.269. The molecule has 1 N–H and O–H groups in total. The van der Waals surface area contributed by atoms with Crippen molar-refractivity contribution in [3.05, 3.63) is 45.8 Å². The van der Waals surface area contributed by atoms with Gasteiger partial charge >= 0.3 is 5.63 Å². The summed E-state index contributed by atoms with van der Waals surface area (Å²) >= 11 is 0. The van der Waals surface area contributed by atoms with E-state index < -0.39 is 0 Å². The van der Waals surface area contributed by atoms with Gasteiger partial charge in [0.15, 0.2) is 0 Å². The molecule has 1 fully saturated rings. The molecule has 0 aliphatic carbocycles. The van der Waals surface area contributed by atoms with Crippen LogP contribution in [0.25, 0.3) is 11.0 Å². The van der Waals surface area contributed by atoms with Crippen molar-refractivity contribution >= 4 is 11.0 Å². The van der Waals surface area contributed by atoms with Gasteiger partial charge in [-0.2, -0.15) is 0 Å². The Morgan fingerprint density at radius 2 is 1.84 bits per heavy atom. The average molecular weight is 344 g/mol. The van der Waals surface area contributed by atoms with Gasteiger partial charge in [-0.15, -0.1) is 0 Å². The molecule has 136 valence electrons. The van der Waals surface area contributed by atoms with E-state index in [-0.39, 0.29) is 12.2 Å². The molecule has 5 nitrogen and oxygen atoms in total. The number of rotatable bonds is 7. The number of unbranched alkanes of at least 4 members (excludes halogenated alkanes) is 1. The maximum Gasteiger partial charge on any atom is 0.336 e. The van der Waals surface area contributed by atoms with Crippen LogP contribution in [0.2, 0.25) is 0 Å². The molecule has 0 amide bonds. The highest BCUT2D eigenvalue weighted by atomic mass is 16.4. The minimum Gasteiger partial charge on any atom is -0.423 e. The first-order valence-corrected chi connectivity index (χ1v) is 9.31. The smallest absolute Gasteiger partial charge is 0.336 e. The number of benzene rings is 1. The molecule has 2 heterocycles. The second kappa shape index (κ2) is 8.61. The van der Waals surface area contributed by atoms with Crippen LogP contribution in [0.4, 0.5) is 0 Å². The van der Waals surface area contributed by atoms with Crippen LogP contribution in [-0.4, -0.2) is 54.2 Å². The van der Waals surface area contributed by atoms with Gasteiger partial charge in [-0.3, -0.25) is 4.90 Å². The van der Waals surface area contributed by atoms with Crippen molar-refractivity contribution in [3.63, 3.8) is 0 Å². The van der Waals surface area contributed by atoms with Crippen LogP contribution in [0.5, 0.6) is 0 Å². The predicted octanol–water partition coefficient (Wildman–Crippen LogP) is 2.25. The van der Waals surface area contributed by atoms with Crippen molar-refractivity contribution < 1.29 is 9.52 Å². The summed E-state index contributed by atoms with van der Waals surface area (Å²) in [7, 11) is 0. The van der Waals surface area contributed by atoms with Crippen LogP contribution in [-0.2, 0) is 13.0 Å². The van der Waals surface area contributed by atoms with Crippen molar-refractivity contribution in [3.8, 4) is 0 Å². The molecular weight excluding hydrogens is 316 g/mol. The van der Waals surface area contributed by atoms with Crippen molar-refractivity contribution in [1.82, 2.24) is 9.80 Å². The fourth-order valence-electron chi connectivity index (χ4n) is 3.48. The highest BCUT2D eigenvalue weighted by Crippen LogP contribution is 2.21. The molecule has 3 rings (SSSR count). The minimum atomic E-state index is -0.269. The average Bonchev–Trinajstić information content (AvgIpc) is 2.63. The highest BCUT2D eigenvalue weighted by molar-refractivity contribution is 5.80. The lowest BCUT2D eigenvalue weighted by Gasteiger charge is -2.34. The number of fused-ring (bicyclic) bond motifs is 1. The SMILES string of the molecule is CCc1ccc2oc(=O)cc(CN3CCN(CCCCO)CC3)c2c1. The van der Waals surface area contributed by atoms with E-state index in [0.29, 0.717) is 5.58 Å². The fraction of sp³-hybridized carbons (Fsp3) is 0.550. The normalized spacial score (nSPS) is 16.6. The second-order valence-corrected chi connectivity index (χ2v) is 6.82. The van der Waals surface area contributed by atoms with Crippen LogP contribution in [0.3, 0.4) is 0 Å². The third kappa shape index (κ3) is 4.69. The Bertz CT molecular complexity index is 748. The van der Waals surface area contributed by atoms with Crippen LogP contribution < -0.4 is 5.63 Å². The molecule has 1 aromatic carbocycles. The first-order valence-electron chi connectivity index (χ1n) is 9.31. The Morgan fingerprint density at radius 1 is 1.08 bits per heavy atom.